The molecule has 0 unspecified atom stereocenters. The SMILES string of the molecule is COC(=O)c1cc(I)nc(OC)c1OC(F)(F)F. The lowest BCUT2D eigenvalue weighted by atomic mass is 10.2. The average molecular weight is 377 g/mol. The van der Waals surface area contributed by atoms with E-state index in [2.05, 4.69) is 19.2 Å². The zero-order chi connectivity index (χ0) is 13.9. The summed E-state index contributed by atoms with van der Waals surface area (Å²) in [7, 11) is 2.15. The Balaban J connectivity index is 3.38. The second-order valence-corrected chi connectivity index (χ2v) is 3.98. The summed E-state index contributed by atoms with van der Waals surface area (Å²) >= 11 is 1.72. The summed E-state index contributed by atoms with van der Waals surface area (Å²) in [5.74, 6) is -2.25. The zero-order valence-corrected chi connectivity index (χ0v) is 11.3. The van der Waals surface area contributed by atoms with Crippen LogP contribution in [0.15, 0.2) is 6.07 Å². The Bertz CT molecular complexity index is 464. The Kier molecular flexibility index (Phi) is 4.59. The predicted octanol–water partition coefficient (Wildman–Crippen LogP) is 2.38. The van der Waals surface area contributed by atoms with Crippen molar-refractivity contribution in [2.45, 2.75) is 6.36 Å². The highest BCUT2D eigenvalue weighted by atomic mass is 127. The smallest absolute Gasteiger partial charge is 0.478 e. The van der Waals surface area contributed by atoms with E-state index < -0.39 is 29.5 Å². The van der Waals surface area contributed by atoms with Crippen molar-refractivity contribution >= 4 is 28.6 Å². The molecule has 0 fully saturated rings. The Labute approximate surface area is 113 Å². The van der Waals surface area contributed by atoms with E-state index in [4.69, 9.17) is 0 Å². The second kappa shape index (κ2) is 5.59. The molecule has 0 aliphatic rings. The lowest BCUT2D eigenvalue weighted by Crippen LogP contribution is -2.20. The number of carbonyl (C=O) groups is 1. The van der Waals surface area contributed by atoms with Gasteiger partial charge in [0, 0.05) is 0 Å². The minimum Gasteiger partial charge on any atom is -0.478 e. The molecule has 0 saturated heterocycles. The van der Waals surface area contributed by atoms with Gasteiger partial charge in [-0.15, -0.1) is 13.2 Å². The van der Waals surface area contributed by atoms with Gasteiger partial charge in [0.25, 0.3) is 5.88 Å². The quantitative estimate of drug-likeness (QED) is 0.460. The lowest BCUT2D eigenvalue weighted by Gasteiger charge is -2.14. The van der Waals surface area contributed by atoms with E-state index in [1.807, 2.05) is 0 Å². The second-order valence-electron chi connectivity index (χ2n) is 2.87. The third kappa shape index (κ3) is 3.62. The van der Waals surface area contributed by atoms with Gasteiger partial charge in [-0.3, -0.25) is 0 Å². The van der Waals surface area contributed by atoms with E-state index in [1.165, 1.54) is 0 Å². The number of pyridine rings is 1. The minimum absolute atomic E-state index is 0.263. The predicted molar refractivity (Wildman–Crippen MR) is 61.5 cm³/mol. The van der Waals surface area contributed by atoms with Crippen molar-refractivity contribution in [3.05, 3.63) is 15.3 Å². The van der Waals surface area contributed by atoms with Crippen molar-refractivity contribution in [2.24, 2.45) is 0 Å². The molecule has 5 nitrogen and oxygen atoms in total. The van der Waals surface area contributed by atoms with Gasteiger partial charge >= 0.3 is 12.3 Å². The Morgan fingerprint density at radius 1 is 1.39 bits per heavy atom. The van der Waals surface area contributed by atoms with Crippen LogP contribution < -0.4 is 9.47 Å². The Morgan fingerprint density at radius 3 is 2.44 bits per heavy atom. The van der Waals surface area contributed by atoms with Crippen LogP contribution in [0.1, 0.15) is 10.4 Å². The van der Waals surface area contributed by atoms with Crippen LogP contribution in [0.5, 0.6) is 11.6 Å². The topological polar surface area (TPSA) is 57.7 Å². The summed E-state index contributed by atoms with van der Waals surface area (Å²) in [6.07, 6.45) is -4.97. The van der Waals surface area contributed by atoms with E-state index >= 15 is 0 Å². The molecule has 0 radical (unpaired) electrons. The average Bonchev–Trinajstić information content (AvgIpc) is 2.28. The maximum absolute atomic E-state index is 12.2. The Morgan fingerprint density at radius 2 is 2.00 bits per heavy atom. The highest BCUT2D eigenvalue weighted by Gasteiger charge is 2.35. The maximum Gasteiger partial charge on any atom is 0.573 e. The van der Waals surface area contributed by atoms with E-state index in [0.29, 0.717) is 0 Å². The van der Waals surface area contributed by atoms with Crippen molar-refractivity contribution in [3.63, 3.8) is 0 Å². The van der Waals surface area contributed by atoms with Crippen molar-refractivity contribution < 1.29 is 32.2 Å². The number of esters is 1. The van der Waals surface area contributed by atoms with E-state index in [9.17, 15) is 18.0 Å². The van der Waals surface area contributed by atoms with Gasteiger partial charge in [0.05, 0.1) is 14.2 Å². The fraction of sp³-hybridized carbons (Fsp3) is 0.333. The number of carbonyl (C=O) groups excluding carboxylic acids is 1. The van der Waals surface area contributed by atoms with E-state index in [-0.39, 0.29) is 3.70 Å². The van der Waals surface area contributed by atoms with Gasteiger partial charge in [-0.1, -0.05) is 0 Å². The molecule has 1 rings (SSSR count). The van der Waals surface area contributed by atoms with Gasteiger partial charge in [-0.2, -0.15) is 0 Å². The fourth-order valence-electron chi connectivity index (χ4n) is 1.09. The van der Waals surface area contributed by atoms with Gasteiger partial charge in [0.15, 0.2) is 0 Å². The van der Waals surface area contributed by atoms with Crippen LogP contribution >= 0.6 is 22.6 Å². The monoisotopic (exact) mass is 377 g/mol. The summed E-state index contributed by atoms with van der Waals surface area (Å²) in [5, 5.41) is 0. The molecule has 0 amide bonds. The third-order valence-corrected chi connectivity index (χ3v) is 2.28. The highest BCUT2D eigenvalue weighted by Crippen LogP contribution is 2.35. The van der Waals surface area contributed by atoms with Crippen LogP contribution in [0.2, 0.25) is 0 Å². The normalized spacial score (nSPS) is 11.0. The number of ether oxygens (including phenoxy) is 3. The number of halogens is 4. The summed E-state index contributed by atoms with van der Waals surface area (Å²) in [4.78, 5) is 15.1. The molecule has 0 aromatic carbocycles. The maximum atomic E-state index is 12.2. The van der Waals surface area contributed by atoms with E-state index in [0.717, 1.165) is 20.3 Å². The molecular weight excluding hydrogens is 370 g/mol. The number of hydrogen-bond acceptors (Lipinski definition) is 5. The van der Waals surface area contributed by atoms with Gasteiger partial charge in [0.1, 0.15) is 9.26 Å². The minimum atomic E-state index is -4.97. The molecule has 0 atom stereocenters. The summed E-state index contributed by atoms with van der Waals surface area (Å²) in [5.41, 5.74) is -0.411. The molecule has 1 aromatic heterocycles. The third-order valence-electron chi connectivity index (χ3n) is 1.73. The standard InChI is InChI=1S/C9H7F3INO4/c1-16-7-6(18-9(10,11)12)4(8(15)17-2)3-5(13)14-7/h3H,1-2H3. The number of hydrogen-bond donors (Lipinski definition) is 0. The largest absolute Gasteiger partial charge is 0.573 e. The number of nitrogens with zero attached hydrogens (tertiary/aromatic N) is 1. The van der Waals surface area contributed by atoms with Gasteiger partial charge < -0.3 is 14.2 Å². The summed E-state index contributed by atoms with van der Waals surface area (Å²) < 4.78 is 49.8. The van der Waals surface area contributed by atoms with E-state index in [1.54, 1.807) is 22.6 Å². The molecule has 0 aliphatic heterocycles. The van der Waals surface area contributed by atoms with Crippen LogP contribution in [-0.4, -0.2) is 31.5 Å². The molecule has 0 aliphatic carbocycles. The lowest BCUT2D eigenvalue weighted by molar-refractivity contribution is -0.275. The number of aromatic nitrogens is 1. The van der Waals surface area contributed by atoms with Crippen molar-refractivity contribution in [1.82, 2.24) is 4.98 Å². The van der Waals surface area contributed by atoms with Crippen LogP contribution in [0, 0.1) is 3.70 Å². The number of alkyl halides is 3. The van der Waals surface area contributed by atoms with Crippen LogP contribution in [-0.2, 0) is 4.74 Å². The van der Waals surface area contributed by atoms with Gasteiger partial charge in [-0.25, -0.2) is 9.78 Å². The molecule has 18 heavy (non-hydrogen) atoms. The molecule has 0 bridgehead atoms. The zero-order valence-electron chi connectivity index (χ0n) is 9.17. The molecule has 9 heteroatoms. The summed E-state index contributed by atoms with van der Waals surface area (Å²) in [6.45, 7) is 0. The number of methoxy groups -OCH3 is 2. The highest BCUT2D eigenvalue weighted by molar-refractivity contribution is 14.1. The van der Waals surface area contributed by atoms with Crippen molar-refractivity contribution in [1.29, 1.82) is 0 Å². The first kappa shape index (κ1) is 14.8. The van der Waals surface area contributed by atoms with Crippen LogP contribution in [0.3, 0.4) is 0 Å². The van der Waals surface area contributed by atoms with Crippen LogP contribution in [0.4, 0.5) is 13.2 Å². The Hall–Kier alpha value is -1.26. The first-order valence-corrected chi connectivity index (χ1v) is 5.45. The van der Waals surface area contributed by atoms with Crippen molar-refractivity contribution in [2.75, 3.05) is 14.2 Å². The molecule has 1 heterocycles. The molecular formula is C9H7F3INO4. The fourth-order valence-corrected chi connectivity index (χ4v) is 1.62. The molecule has 0 spiro atoms. The van der Waals surface area contributed by atoms with Gasteiger partial charge in [-0.05, 0) is 28.7 Å². The first-order chi connectivity index (χ1) is 8.28. The van der Waals surface area contributed by atoms with Gasteiger partial charge in [0.2, 0.25) is 5.75 Å². The molecule has 1 aromatic rings. The molecule has 0 N–H and O–H groups in total. The molecule has 100 valence electrons. The molecule has 0 saturated carbocycles. The van der Waals surface area contributed by atoms with Crippen molar-refractivity contribution in [3.8, 4) is 11.6 Å². The first-order valence-electron chi connectivity index (χ1n) is 4.37. The summed E-state index contributed by atoms with van der Waals surface area (Å²) in [6, 6.07) is 1.11. The number of rotatable bonds is 3. The van der Waals surface area contributed by atoms with Crippen LogP contribution in [0.25, 0.3) is 0 Å².